The lowest BCUT2D eigenvalue weighted by Crippen LogP contribution is -1.95. The van der Waals surface area contributed by atoms with Gasteiger partial charge < -0.3 is 0 Å². The highest BCUT2D eigenvalue weighted by atomic mass is 16.1. The van der Waals surface area contributed by atoms with Gasteiger partial charge in [-0.3, -0.25) is 4.79 Å². The molecule has 0 rings (SSSR count). The van der Waals surface area contributed by atoms with Crippen molar-refractivity contribution in [2.75, 3.05) is 0 Å². The summed E-state index contributed by atoms with van der Waals surface area (Å²) in [6.45, 7) is 4.06. The molecule has 2 nitrogen and oxygen atoms in total. The van der Waals surface area contributed by atoms with Gasteiger partial charge in [0.25, 0.3) is 0 Å². The summed E-state index contributed by atoms with van der Waals surface area (Å²) in [5.41, 5.74) is 0. The Bertz CT molecular complexity index is 132. The monoisotopic (exact) mass is 125 g/mol. The molecule has 0 amide bonds. The number of rotatable bonds is 3. The lowest BCUT2D eigenvalue weighted by molar-refractivity contribution is -0.114. The standard InChI is InChI=1S/C7H11NO/c1-6(2)3-4-7(9)5-8/h6H,3-4H2,1-2H3. The first-order valence-corrected chi connectivity index (χ1v) is 3.09. The number of Topliss-reactive ketones (excluding diaryl/α,β-unsaturated/α-hetero) is 1. The van der Waals surface area contributed by atoms with Gasteiger partial charge in [0.1, 0.15) is 6.07 Å². The highest BCUT2D eigenvalue weighted by molar-refractivity contribution is 5.93. The van der Waals surface area contributed by atoms with Crippen molar-refractivity contribution in [1.82, 2.24) is 0 Å². The molecular weight excluding hydrogens is 114 g/mol. The molecule has 0 saturated heterocycles. The van der Waals surface area contributed by atoms with Gasteiger partial charge in [-0.2, -0.15) is 5.26 Å². The van der Waals surface area contributed by atoms with Gasteiger partial charge in [-0.15, -0.1) is 0 Å². The summed E-state index contributed by atoms with van der Waals surface area (Å²) >= 11 is 0. The minimum Gasteiger partial charge on any atom is -0.283 e. The summed E-state index contributed by atoms with van der Waals surface area (Å²) in [6, 6.07) is 1.58. The van der Waals surface area contributed by atoms with Crippen LogP contribution in [-0.2, 0) is 4.79 Å². The molecular formula is C7H11NO. The zero-order valence-electron chi connectivity index (χ0n) is 5.85. The largest absolute Gasteiger partial charge is 0.283 e. The molecule has 0 N–H and O–H groups in total. The van der Waals surface area contributed by atoms with Crippen LogP contribution < -0.4 is 0 Å². The molecule has 0 atom stereocenters. The first kappa shape index (κ1) is 8.16. The highest BCUT2D eigenvalue weighted by Crippen LogP contribution is 2.02. The first-order valence-electron chi connectivity index (χ1n) is 3.09. The van der Waals surface area contributed by atoms with Gasteiger partial charge in [0.2, 0.25) is 5.78 Å². The molecule has 2 heteroatoms. The van der Waals surface area contributed by atoms with Crippen molar-refractivity contribution in [3.05, 3.63) is 0 Å². The second kappa shape index (κ2) is 4.08. The van der Waals surface area contributed by atoms with Gasteiger partial charge in [-0.25, -0.2) is 0 Å². The molecule has 0 heterocycles. The fraction of sp³-hybridized carbons (Fsp3) is 0.714. The van der Waals surface area contributed by atoms with Crippen molar-refractivity contribution in [3.63, 3.8) is 0 Å². The van der Waals surface area contributed by atoms with Crippen LogP contribution in [0.15, 0.2) is 0 Å². The Hall–Kier alpha value is -0.840. The molecule has 0 saturated carbocycles. The number of hydrogen-bond donors (Lipinski definition) is 0. The van der Waals surface area contributed by atoms with E-state index in [1.807, 2.05) is 13.8 Å². The maximum absolute atomic E-state index is 10.4. The van der Waals surface area contributed by atoms with E-state index in [0.29, 0.717) is 12.3 Å². The summed E-state index contributed by atoms with van der Waals surface area (Å²) in [6.07, 6.45) is 1.24. The number of carbonyl (C=O) groups is 1. The second-order valence-electron chi connectivity index (χ2n) is 2.47. The van der Waals surface area contributed by atoms with E-state index < -0.39 is 0 Å². The van der Waals surface area contributed by atoms with Crippen molar-refractivity contribution in [2.45, 2.75) is 26.7 Å². The van der Waals surface area contributed by atoms with Crippen LogP contribution in [-0.4, -0.2) is 5.78 Å². The Morgan fingerprint density at radius 1 is 1.67 bits per heavy atom. The van der Waals surface area contributed by atoms with E-state index in [9.17, 15) is 4.79 Å². The number of nitriles is 1. The van der Waals surface area contributed by atoms with Crippen molar-refractivity contribution in [3.8, 4) is 6.07 Å². The molecule has 0 spiro atoms. The Kier molecular flexibility index (Phi) is 3.70. The topological polar surface area (TPSA) is 40.9 Å². The minimum absolute atomic E-state index is 0.302. The molecule has 0 aliphatic heterocycles. The average Bonchev–Trinajstić information content (AvgIpc) is 1.83. The van der Waals surface area contributed by atoms with E-state index in [1.165, 1.54) is 0 Å². The zero-order valence-corrected chi connectivity index (χ0v) is 5.85. The third-order valence-electron chi connectivity index (χ3n) is 1.07. The summed E-state index contributed by atoms with van der Waals surface area (Å²) in [7, 11) is 0. The van der Waals surface area contributed by atoms with E-state index in [0.717, 1.165) is 6.42 Å². The van der Waals surface area contributed by atoms with Crippen LogP contribution in [0, 0.1) is 17.2 Å². The SMILES string of the molecule is CC(C)CCC(=O)C#N. The quantitative estimate of drug-likeness (QED) is 0.536. The first-order chi connectivity index (χ1) is 4.16. The van der Waals surface area contributed by atoms with Gasteiger partial charge in [-0.05, 0) is 12.3 Å². The second-order valence-corrected chi connectivity index (χ2v) is 2.47. The fourth-order valence-electron chi connectivity index (χ4n) is 0.476. The van der Waals surface area contributed by atoms with Gasteiger partial charge in [0, 0.05) is 6.42 Å². The third-order valence-corrected chi connectivity index (χ3v) is 1.07. The molecule has 0 radical (unpaired) electrons. The predicted molar refractivity (Wildman–Crippen MR) is 34.7 cm³/mol. The average molecular weight is 125 g/mol. The third kappa shape index (κ3) is 5.02. The minimum atomic E-state index is -0.302. The summed E-state index contributed by atoms with van der Waals surface area (Å²) in [5, 5.41) is 8.05. The number of ketones is 1. The Balaban J connectivity index is 3.31. The molecule has 0 aliphatic rings. The molecule has 0 bridgehead atoms. The lowest BCUT2D eigenvalue weighted by Gasteiger charge is -1.97. The Morgan fingerprint density at radius 3 is 2.56 bits per heavy atom. The lowest BCUT2D eigenvalue weighted by atomic mass is 10.1. The molecule has 0 fully saturated rings. The summed E-state index contributed by atoms with van der Waals surface area (Å²) < 4.78 is 0. The van der Waals surface area contributed by atoms with Crippen LogP contribution >= 0.6 is 0 Å². The van der Waals surface area contributed by atoms with Crippen molar-refractivity contribution in [2.24, 2.45) is 5.92 Å². The predicted octanol–water partition coefficient (Wildman–Crippen LogP) is 1.52. The zero-order chi connectivity index (χ0) is 7.28. The number of carbonyl (C=O) groups excluding carboxylic acids is 1. The number of hydrogen-bond acceptors (Lipinski definition) is 2. The maximum atomic E-state index is 10.4. The van der Waals surface area contributed by atoms with E-state index in [1.54, 1.807) is 6.07 Å². The van der Waals surface area contributed by atoms with Crippen LogP contribution in [0.1, 0.15) is 26.7 Å². The van der Waals surface area contributed by atoms with E-state index in [-0.39, 0.29) is 5.78 Å². The normalized spacial score (nSPS) is 9.11. The van der Waals surface area contributed by atoms with Crippen LogP contribution in [0.25, 0.3) is 0 Å². The Labute approximate surface area is 55.5 Å². The van der Waals surface area contributed by atoms with Crippen molar-refractivity contribution >= 4 is 5.78 Å². The van der Waals surface area contributed by atoms with E-state index in [4.69, 9.17) is 5.26 Å². The van der Waals surface area contributed by atoms with E-state index in [2.05, 4.69) is 0 Å². The number of nitrogens with zero attached hydrogens (tertiary/aromatic N) is 1. The molecule has 0 aromatic rings. The van der Waals surface area contributed by atoms with Gasteiger partial charge in [-0.1, -0.05) is 13.8 Å². The van der Waals surface area contributed by atoms with Crippen LogP contribution in [0.5, 0.6) is 0 Å². The Morgan fingerprint density at radius 2 is 2.22 bits per heavy atom. The molecule has 0 aliphatic carbocycles. The maximum Gasteiger partial charge on any atom is 0.231 e. The fourth-order valence-corrected chi connectivity index (χ4v) is 0.476. The van der Waals surface area contributed by atoms with Crippen LogP contribution in [0.2, 0.25) is 0 Å². The smallest absolute Gasteiger partial charge is 0.231 e. The van der Waals surface area contributed by atoms with Gasteiger partial charge in [0.15, 0.2) is 0 Å². The molecule has 0 aromatic carbocycles. The summed E-state index contributed by atoms with van der Waals surface area (Å²) in [5.74, 6) is 0.214. The summed E-state index contributed by atoms with van der Waals surface area (Å²) in [4.78, 5) is 10.4. The molecule has 50 valence electrons. The molecule has 9 heavy (non-hydrogen) atoms. The molecule has 0 aromatic heterocycles. The van der Waals surface area contributed by atoms with Crippen molar-refractivity contribution in [1.29, 1.82) is 5.26 Å². The van der Waals surface area contributed by atoms with Gasteiger partial charge in [0.05, 0.1) is 0 Å². The van der Waals surface area contributed by atoms with Crippen LogP contribution in [0.3, 0.4) is 0 Å². The molecule has 0 unspecified atom stereocenters. The van der Waals surface area contributed by atoms with Crippen molar-refractivity contribution < 1.29 is 4.79 Å². The highest BCUT2D eigenvalue weighted by Gasteiger charge is 1.99. The van der Waals surface area contributed by atoms with Crippen LogP contribution in [0.4, 0.5) is 0 Å². The van der Waals surface area contributed by atoms with Gasteiger partial charge >= 0.3 is 0 Å². The van der Waals surface area contributed by atoms with E-state index >= 15 is 0 Å².